The van der Waals surface area contributed by atoms with Crippen molar-refractivity contribution in [3.05, 3.63) is 29.8 Å². The van der Waals surface area contributed by atoms with Gasteiger partial charge in [-0.05, 0) is 43.9 Å². The van der Waals surface area contributed by atoms with Gasteiger partial charge in [-0.1, -0.05) is 6.07 Å². The van der Waals surface area contributed by atoms with Gasteiger partial charge in [0.15, 0.2) is 0 Å². The van der Waals surface area contributed by atoms with Crippen LogP contribution in [0.2, 0.25) is 0 Å². The van der Waals surface area contributed by atoms with E-state index in [0.29, 0.717) is 17.4 Å². The summed E-state index contributed by atoms with van der Waals surface area (Å²) in [4.78, 5) is 26.5. The first-order valence-corrected chi connectivity index (χ1v) is 9.19. The molecule has 1 aromatic carbocycles. The fourth-order valence-corrected chi connectivity index (χ4v) is 3.63. The van der Waals surface area contributed by atoms with Crippen molar-refractivity contribution in [2.24, 2.45) is 0 Å². The molecule has 0 aromatic heterocycles. The topological polar surface area (TPSA) is 90.9 Å². The normalized spacial score (nSPS) is 23.8. The third-order valence-electron chi connectivity index (χ3n) is 5.20. The second kappa shape index (κ2) is 8.51. The van der Waals surface area contributed by atoms with E-state index >= 15 is 0 Å². The highest BCUT2D eigenvalue weighted by Crippen LogP contribution is 2.26. The maximum atomic E-state index is 12.1. The maximum Gasteiger partial charge on any atom is 0.251 e. The van der Waals surface area contributed by atoms with Gasteiger partial charge in [0.2, 0.25) is 5.91 Å². The van der Waals surface area contributed by atoms with Crippen LogP contribution in [0.5, 0.6) is 5.75 Å². The van der Waals surface area contributed by atoms with Crippen LogP contribution in [0.3, 0.4) is 0 Å². The first-order chi connectivity index (χ1) is 12.5. The Morgan fingerprint density at radius 3 is 2.65 bits per heavy atom. The van der Waals surface area contributed by atoms with Crippen LogP contribution in [-0.2, 0) is 4.79 Å². The molecule has 0 atom stereocenters. The Kier molecular flexibility index (Phi) is 6.11. The van der Waals surface area contributed by atoms with E-state index in [0.717, 1.165) is 38.8 Å². The predicted molar refractivity (Wildman–Crippen MR) is 97.1 cm³/mol. The summed E-state index contributed by atoms with van der Waals surface area (Å²) in [5, 5.41) is 15.2. The zero-order valence-electron chi connectivity index (χ0n) is 15.1. The Morgan fingerprint density at radius 1 is 1.23 bits per heavy atom. The van der Waals surface area contributed by atoms with E-state index in [-0.39, 0.29) is 30.5 Å². The minimum absolute atomic E-state index is 0.0395. The van der Waals surface area contributed by atoms with Gasteiger partial charge in [0.05, 0.1) is 25.8 Å². The molecule has 2 fully saturated rings. The Hall–Kier alpha value is -2.12. The number of amides is 2. The van der Waals surface area contributed by atoms with Gasteiger partial charge in [0.25, 0.3) is 5.91 Å². The first-order valence-electron chi connectivity index (χ1n) is 9.19. The van der Waals surface area contributed by atoms with Crippen LogP contribution in [0.1, 0.15) is 36.0 Å². The Bertz CT molecular complexity index is 637. The molecule has 3 N–H and O–H groups in total. The second-order valence-electron chi connectivity index (χ2n) is 7.10. The van der Waals surface area contributed by atoms with Crippen LogP contribution < -0.4 is 15.4 Å². The van der Waals surface area contributed by atoms with Gasteiger partial charge in [0, 0.05) is 24.7 Å². The van der Waals surface area contributed by atoms with Gasteiger partial charge in [0.1, 0.15) is 5.75 Å². The van der Waals surface area contributed by atoms with Crippen LogP contribution in [0, 0.1) is 0 Å². The van der Waals surface area contributed by atoms with Crippen LogP contribution in [0.15, 0.2) is 24.3 Å². The summed E-state index contributed by atoms with van der Waals surface area (Å²) in [6.45, 7) is 1.65. The van der Waals surface area contributed by atoms with Gasteiger partial charge < -0.3 is 20.5 Å². The van der Waals surface area contributed by atoms with E-state index < -0.39 is 0 Å². The molecular formula is C19H27N3O4. The quantitative estimate of drug-likeness (QED) is 0.688. The van der Waals surface area contributed by atoms with Crippen LogP contribution in [0.4, 0.5) is 0 Å². The second-order valence-corrected chi connectivity index (χ2v) is 7.10. The Morgan fingerprint density at radius 2 is 1.96 bits per heavy atom. The molecule has 1 saturated carbocycles. The highest BCUT2D eigenvalue weighted by atomic mass is 16.5. The number of carbonyl (C=O) groups is 2. The standard InChI is InChI=1S/C19H27N3O4/c1-26-17-4-2-3-13(9-17)19(25)20-10-18(24)21-14-11-22(12-14)15-5-7-16(23)8-6-15/h2-4,9,14-16,23H,5-8,10-12H2,1H3,(H,20,25)(H,21,24). The zero-order chi connectivity index (χ0) is 18.5. The number of rotatable bonds is 6. The number of methoxy groups -OCH3 is 1. The van der Waals surface area contributed by atoms with Crippen molar-refractivity contribution in [1.29, 1.82) is 0 Å². The highest BCUT2D eigenvalue weighted by molar-refractivity contribution is 5.96. The van der Waals surface area contributed by atoms with Crippen molar-refractivity contribution in [2.45, 2.75) is 43.9 Å². The zero-order valence-corrected chi connectivity index (χ0v) is 15.1. The molecule has 0 bridgehead atoms. The van der Waals surface area contributed by atoms with Crippen LogP contribution >= 0.6 is 0 Å². The molecule has 1 aromatic rings. The van der Waals surface area contributed by atoms with E-state index in [1.165, 1.54) is 0 Å². The summed E-state index contributed by atoms with van der Waals surface area (Å²) in [5.41, 5.74) is 0.464. The average molecular weight is 361 g/mol. The third-order valence-corrected chi connectivity index (χ3v) is 5.20. The lowest BCUT2D eigenvalue weighted by Gasteiger charge is -2.46. The SMILES string of the molecule is COc1cccc(C(=O)NCC(=O)NC2CN(C3CCC(O)CC3)C2)c1. The number of aliphatic hydroxyl groups excluding tert-OH is 1. The number of likely N-dealkylation sites (tertiary alicyclic amines) is 1. The molecule has 0 radical (unpaired) electrons. The molecule has 142 valence electrons. The Balaban J connectivity index is 1.35. The minimum atomic E-state index is -0.296. The summed E-state index contributed by atoms with van der Waals surface area (Å²) < 4.78 is 5.09. The van der Waals surface area contributed by atoms with Gasteiger partial charge in [-0.2, -0.15) is 0 Å². The van der Waals surface area contributed by atoms with Crippen LogP contribution in [0.25, 0.3) is 0 Å². The molecule has 1 aliphatic carbocycles. The summed E-state index contributed by atoms with van der Waals surface area (Å²) in [5.74, 6) is 0.131. The number of hydrogen-bond donors (Lipinski definition) is 3. The van der Waals surface area contributed by atoms with E-state index in [9.17, 15) is 14.7 Å². The van der Waals surface area contributed by atoms with Gasteiger partial charge in [-0.15, -0.1) is 0 Å². The molecule has 1 saturated heterocycles. The molecule has 7 heteroatoms. The molecule has 2 aliphatic rings. The number of nitrogens with zero attached hydrogens (tertiary/aromatic N) is 1. The largest absolute Gasteiger partial charge is 0.497 e. The van der Waals surface area contributed by atoms with Gasteiger partial charge >= 0.3 is 0 Å². The fourth-order valence-electron chi connectivity index (χ4n) is 3.63. The maximum absolute atomic E-state index is 12.1. The van der Waals surface area contributed by atoms with Crippen LogP contribution in [-0.4, -0.2) is 66.8 Å². The lowest BCUT2D eigenvalue weighted by Crippen LogP contribution is -2.63. The number of ether oxygens (including phenoxy) is 1. The van der Waals surface area contributed by atoms with Crippen molar-refractivity contribution in [1.82, 2.24) is 15.5 Å². The summed E-state index contributed by atoms with van der Waals surface area (Å²) in [6, 6.07) is 7.49. The molecule has 3 rings (SSSR count). The number of aliphatic hydroxyl groups is 1. The molecule has 7 nitrogen and oxygen atoms in total. The molecular weight excluding hydrogens is 334 g/mol. The average Bonchev–Trinajstić information content (AvgIpc) is 2.63. The van der Waals surface area contributed by atoms with E-state index in [1.807, 2.05) is 0 Å². The Labute approximate surface area is 153 Å². The minimum Gasteiger partial charge on any atom is -0.497 e. The van der Waals surface area contributed by atoms with Crippen molar-refractivity contribution >= 4 is 11.8 Å². The molecule has 0 unspecified atom stereocenters. The van der Waals surface area contributed by atoms with Gasteiger partial charge in [-0.25, -0.2) is 0 Å². The molecule has 2 amide bonds. The van der Waals surface area contributed by atoms with Crippen molar-refractivity contribution in [3.8, 4) is 5.75 Å². The summed E-state index contributed by atoms with van der Waals surface area (Å²) >= 11 is 0. The smallest absolute Gasteiger partial charge is 0.251 e. The monoisotopic (exact) mass is 361 g/mol. The lowest BCUT2D eigenvalue weighted by atomic mass is 9.89. The number of hydrogen-bond acceptors (Lipinski definition) is 5. The van der Waals surface area contributed by atoms with E-state index in [1.54, 1.807) is 31.4 Å². The lowest BCUT2D eigenvalue weighted by molar-refractivity contribution is -0.122. The van der Waals surface area contributed by atoms with Crippen molar-refractivity contribution in [2.75, 3.05) is 26.7 Å². The van der Waals surface area contributed by atoms with E-state index in [2.05, 4.69) is 15.5 Å². The van der Waals surface area contributed by atoms with Crippen molar-refractivity contribution < 1.29 is 19.4 Å². The molecule has 0 spiro atoms. The van der Waals surface area contributed by atoms with Crippen molar-refractivity contribution in [3.63, 3.8) is 0 Å². The number of carbonyl (C=O) groups excluding carboxylic acids is 2. The summed E-state index contributed by atoms with van der Waals surface area (Å²) in [6.07, 6.45) is 3.65. The fraction of sp³-hybridized carbons (Fsp3) is 0.579. The summed E-state index contributed by atoms with van der Waals surface area (Å²) in [7, 11) is 1.54. The van der Waals surface area contributed by atoms with E-state index in [4.69, 9.17) is 4.74 Å². The molecule has 26 heavy (non-hydrogen) atoms. The molecule has 1 heterocycles. The number of benzene rings is 1. The molecule has 1 aliphatic heterocycles. The number of nitrogens with one attached hydrogen (secondary N) is 2. The first kappa shape index (κ1) is 18.7. The predicted octanol–water partition coefficient (Wildman–Crippen LogP) is 0.529. The third kappa shape index (κ3) is 4.74. The van der Waals surface area contributed by atoms with Gasteiger partial charge in [-0.3, -0.25) is 14.5 Å². The highest BCUT2D eigenvalue weighted by Gasteiger charge is 2.34.